The largest absolute Gasteiger partial charge is 0.489 e. The van der Waals surface area contributed by atoms with Crippen molar-refractivity contribution in [1.29, 1.82) is 5.26 Å². The third-order valence-electron chi connectivity index (χ3n) is 5.26. The monoisotopic (exact) mass is 387 g/mol. The van der Waals surface area contributed by atoms with Gasteiger partial charge in [0.15, 0.2) is 0 Å². The van der Waals surface area contributed by atoms with E-state index in [1.165, 1.54) is 5.69 Å². The molecule has 0 N–H and O–H groups in total. The molecule has 1 saturated heterocycles. The Morgan fingerprint density at radius 1 is 1.17 bits per heavy atom. The number of rotatable bonds is 6. The molecule has 1 aliphatic rings. The van der Waals surface area contributed by atoms with E-state index in [0.717, 1.165) is 54.0 Å². The molecule has 0 saturated carbocycles. The fraction of sp³-hybridized carbons (Fsp3) is 0.333. The van der Waals surface area contributed by atoms with Gasteiger partial charge in [0.1, 0.15) is 12.4 Å². The lowest BCUT2D eigenvalue weighted by Gasteiger charge is -2.21. The maximum Gasteiger partial charge on any atom is 0.122 e. The van der Waals surface area contributed by atoms with Crippen molar-refractivity contribution < 1.29 is 9.47 Å². The molecule has 0 spiro atoms. The summed E-state index contributed by atoms with van der Waals surface area (Å²) in [5, 5.41) is 10.0. The number of nitriles is 1. The van der Waals surface area contributed by atoms with Crippen LogP contribution in [0.15, 0.2) is 48.5 Å². The van der Waals surface area contributed by atoms with E-state index >= 15 is 0 Å². The van der Waals surface area contributed by atoms with Gasteiger partial charge in [-0.1, -0.05) is 12.1 Å². The minimum absolute atomic E-state index is 0.304. The Labute approximate surface area is 171 Å². The van der Waals surface area contributed by atoms with Gasteiger partial charge < -0.3 is 14.4 Å². The molecule has 5 heteroatoms. The van der Waals surface area contributed by atoms with Crippen LogP contribution < -0.4 is 9.64 Å². The smallest absolute Gasteiger partial charge is 0.122 e. The molecule has 1 atom stereocenters. The highest BCUT2D eigenvalue weighted by molar-refractivity contribution is 5.93. The van der Waals surface area contributed by atoms with Crippen LogP contribution in [0.1, 0.15) is 30.2 Å². The first-order chi connectivity index (χ1) is 14.2. The Hall–Kier alpha value is -3.10. The topological polar surface area (TPSA) is 58.4 Å². The molecular weight excluding hydrogens is 362 g/mol. The second-order valence-electron chi connectivity index (χ2n) is 7.37. The molecule has 0 aliphatic carbocycles. The SMILES string of the molecule is CCOC1CCN(c2cc(C)nc3cc(OCc4ccc(C#N)cc4)ccc23)C1. The molecule has 29 heavy (non-hydrogen) atoms. The quantitative estimate of drug-likeness (QED) is 0.618. The fourth-order valence-electron chi connectivity index (χ4n) is 3.83. The zero-order valence-corrected chi connectivity index (χ0v) is 16.9. The number of benzene rings is 2. The molecule has 1 fully saturated rings. The molecule has 1 unspecified atom stereocenters. The molecule has 0 bridgehead atoms. The second kappa shape index (κ2) is 8.50. The summed E-state index contributed by atoms with van der Waals surface area (Å²) < 4.78 is 11.8. The van der Waals surface area contributed by atoms with E-state index in [9.17, 15) is 0 Å². The highest BCUT2D eigenvalue weighted by Gasteiger charge is 2.24. The van der Waals surface area contributed by atoms with Gasteiger partial charge in [0, 0.05) is 42.5 Å². The Morgan fingerprint density at radius 3 is 2.76 bits per heavy atom. The number of hydrogen-bond donors (Lipinski definition) is 0. The Kier molecular flexibility index (Phi) is 5.64. The van der Waals surface area contributed by atoms with Gasteiger partial charge in [-0.15, -0.1) is 0 Å². The highest BCUT2D eigenvalue weighted by atomic mass is 16.5. The van der Waals surface area contributed by atoms with Gasteiger partial charge in [-0.25, -0.2) is 0 Å². The molecule has 1 aliphatic heterocycles. The fourth-order valence-corrected chi connectivity index (χ4v) is 3.83. The third-order valence-corrected chi connectivity index (χ3v) is 5.26. The number of anilines is 1. The van der Waals surface area contributed by atoms with Gasteiger partial charge >= 0.3 is 0 Å². The Morgan fingerprint density at radius 2 is 2.00 bits per heavy atom. The number of ether oxygens (including phenoxy) is 2. The van der Waals surface area contributed by atoms with E-state index < -0.39 is 0 Å². The Balaban J connectivity index is 1.54. The van der Waals surface area contributed by atoms with Gasteiger partial charge in [0.25, 0.3) is 0 Å². The van der Waals surface area contributed by atoms with E-state index in [2.05, 4.69) is 23.1 Å². The first-order valence-corrected chi connectivity index (χ1v) is 10.1. The normalized spacial score (nSPS) is 16.2. The molecular formula is C24H25N3O2. The number of nitrogens with zero attached hydrogens (tertiary/aromatic N) is 3. The number of pyridine rings is 1. The Bertz CT molecular complexity index is 1040. The van der Waals surface area contributed by atoms with Gasteiger partial charge in [-0.2, -0.15) is 5.26 Å². The van der Waals surface area contributed by atoms with Crippen LogP contribution in [0.4, 0.5) is 5.69 Å². The van der Waals surface area contributed by atoms with Crippen LogP contribution in [-0.4, -0.2) is 30.8 Å². The minimum atomic E-state index is 0.304. The molecule has 0 amide bonds. The van der Waals surface area contributed by atoms with Crippen LogP contribution in [0.3, 0.4) is 0 Å². The lowest BCUT2D eigenvalue weighted by atomic mass is 10.1. The van der Waals surface area contributed by atoms with Crippen LogP contribution >= 0.6 is 0 Å². The highest BCUT2D eigenvalue weighted by Crippen LogP contribution is 2.32. The number of fused-ring (bicyclic) bond motifs is 1. The standard InChI is InChI=1S/C24H25N3O2/c1-3-28-21-10-11-27(15-21)24-12-17(2)26-23-13-20(8-9-22(23)24)29-16-19-6-4-18(14-25)5-7-19/h4-9,12-13,21H,3,10-11,15-16H2,1-2H3. The van der Waals surface area contributed by atoms with E-state index in [4.69, 9.17) is 19.7 Å². The predicted octanol–water partition coefficient (Wildman–Crippen LogP) is 4.61. The summed E-state index contributed by atoms with van der Waals surface area (Å²) in [6.45, 7) is 7.22. The minimum Gasteiger partial charge on any atom is -0.489 e. The van der Waals surface area contributed by atoms with E-state index in [-0.39, 0.29) is 0 Å². The number of hydrogen-bond acceptors (Lipinski definition) is 5. The van der Waals surface area contributed by atoms with Crippen LogP contribution in [0, 0.1) is 18.3 Å². The maximum absolute atomic E-state index is 8.90. The molecule has 1 aromatic heterocycles. The van der Waals surface area contributed by atoms with Crippen molar-refractivity contribution in [3.8, 4) is 11.8 Å². The number of aryl methyl sites for hydroxylation is 1. The molecule has 3 aromatic rings. The first kappa shape index (κ1) is 19.2. The second-order valence-corrected chi connectivity index (χ2v) is 7.37. The van der Waals surface area contributed by atoms with Crippen LogP contribution in [0.2, 0.25) is 0 Å². The van der Waals surface area contributed by atoms with Gasteiger partial charge in [0.2, 0.25) is 0 Å². The average Bonchev–Trinajstić information content (AvgIpc) is 3.20. The van der Waals surface area contributed by atoms with Crippen molar-refractivity contribution in [2.24, 2.45) is 0 Å². The third kappa shape index (κ3) is 4.33. The molecule has 5 nitrogen and oxygen atoms in total. The van der Waals surface area contributed by atoms with Crippen LogP contribution in [0.25, 0.3) is 10.9 Å². The van der Waals surface area contributed by atoms with Crippen LogP contribution in [0.5, 0.6) is 5.75 Å². The summed E-state index contributed by atoms with van der Waals surface area (Å²) in [6, 6.07) is 17.8. The summed E-state index contributed by atoms with van der Waals surface area (Å²) in [6.07, 6.45) is 1.36. The molecule has 4 rings (SSSR count). The number of aromatic nitrogens is 1. The average molecular weight is 387 g/mol. The van der Waals surface area contributed by atoms with Crippen molar-refractivity contribution in [1.82, 2.24) is 4.98 Å². The first-order valence-electron chi connectivity index (χ1n) is 10.1. The molecule has 0 radical (unpaired) electrons. The summed E-state index contributed by atoms with van der Waals surface area (Å²) in [5.74, 6) is 0.791. The zero-order chi connectivity index (χ0) is 20.2. The van der Waals surface area contributed by atoms with Crippen molar-refractivity contribution in [2.75, 3.05) is 24.6 Å². The van der Waals surface area contributed by atoms with E-state index in [1.54, 1.807) is 0 Å². The van der Waals surface area contributed by atoms with E-state index in [1.807, 2.05) is 50.2 Å². The van der Waals surface area contributed by atoms with Gasteiger partial charge in [0.05, 0.1) is 23.3 Å². The summed E-state index contributed by atoms with van der Waals surface area (Å²) in [4.78, 5) is 7.12. The van der Waals surface area contributed by atoms with Crippen molar-refractivity contribution >= 4 is 16.6 Å². The van der Waals surface area contributed by atoms with E-state index in [0.29, 0.717) is 18.3 Å². The van der Waals surface area contributed by atoms with Crippen LogP contribution in [-0.2, 0) is 11.3 Å². The summed E-state index contributed by atoms with van der Waals surface area (Å²) >= 11 is 0. The summed E-state index contributed by atoms with van der Waals surface area (Å²) in [7, 11) is 0. The molecule has 2 aromatic carbocycles. The van der Waals surface area contributed by atoms with Gasteiger partial charge in [-0.3, -0.25) is 4.98 Å². The lowest BCUT2D eigenvalue weighted by Crippen LogP contribution is -2.23. The maximum atomic E-state index is 8.90. The van der Waals surface area contributed by atoms with Crippen molar-refractivity contribution in [3.05, 3.63) is 65.4 Å². The van der Waals surface area contributed by atoms with Crippen molar-refractivity contribution in [2.45, 2.75) is 33.0 Å². The van der Waals surface area contributed by atoms with Crippen molar-refractivity contribution in [3.63, 3.8) is 0 Å². The zero-order valence-electron chi connectivity index (χ0n) is 16.9. The predicted molar refractivity (Wildman–Crippen MR) is 114 cm³/mol. The molecule has 148 valence electrons. The summed E-state index contributed by atoms with van der Waals surface area (Å²) in [5.41, 5.74) is 4.84. The van der Waals surface area contributed by atoms with Gasteiger partial charge in [-0.05, 0) is 56.2 Å². The molecule has 2 heterocycles. The lowest BCUT2D eigenvalue weighted by molar-refractivity contribution is 0.0788.